The molecule has 0 fully saturated rings. The molecular weight excluding hydrogens is 221 g/mol. The Morgan fingerprint density at radius 3 is 2.71 bits per heavy atom. The van der Waals surface area contributed by atoms with Crippen LogP contribution in [0.5, 0.6) is 0 Å². The number of amidine groups is 1. The van der Waals surface area contributed by atoms with Crippen LogP contribution in [0.15, 0.2) is 23.4 Å². The van der Waals surface area contributed by atoms with Gasteiger partial charge in [-0.2, -0.15) is 0 Å². The van der Waals surface area contributed by atoms with E-state index in [-0.39, 0.29) is 5.84 Å². The van der Waals surface area contributed by atoms with Gasteiger partial charge in [0.05, 0.1) is 0 Å². The van der Waals surface area contributed by atoms with Crippen molar-refractivity contribution in [3.8, 4) is 0 Å². The molecule has 0 saturated heterocycles. The van der Waals surface area contributed by atoms with Crippen molar-refractivity contribution >= 4 is 5.84 Å². The maximum Gasteiger partial charge on any atom is 0.170 e. The summed E-state index contributed by atoms with van der Waals surface area (Å²) in [6, 6.07) is 4.66. The largest absolute Gasteiger partial charge is 0.409 e. The van der Waals surface area contributed by atoms with E-state index in [0.717, 1.165) is 5.56 Å². The lowest BCUT2D eigenvalue weighted by atomic mass is 10.1. The van der Waals surface area contributed by atoms with Crippen LogP contribution in [0.3, 0.4) is 0 Å². The number of benzene rings is 1. The monoisotopic (exact) mass is 239 g/mol. The molecule has 0 unspecified atom stereocenters. The van der Waals surface area contributed by atoms with E-state index in [0.29, 0.717) is 18.2 Å². The van der Waals surface area contributed by atoms with E-state index < -0.39 is 5.82 Å². The maximum atomic E-state index is 13.1. The normalized spacial score (nSPS) is 12.5. The summed E-state index contributed by atoms with van der Waals surface area (Å²) < 4.78 is 13.1. The summed E-state index contributed by atoms with van der Waals surface area (Å²) >= 11 is 0. The van der Waals surface area contributed by atoms with Gasteiger partial charge in [-0.05, 0) is 38.6 Å². The molecule has 0 atom stereocenters. The van der Waals surface area contributed by atoms with Crippen LogP contribution in [-0.4, -0.2) is 29.0 Å². The van der Waals surface area contributed by atoms with Crippen molar-refractivity contribution in [2.24, 2.45) is 10.9 Å². The highest BCUT2D eigenvalue weighted by Gasteiger charge is 2.12. The van der Waals surface area contributed by atoms with Gasteiger partial charge in [-0.25, -0.2) is 4.39 Å². The smallest absolute Gasteiger partial charge is 0.170 e. The van der Waals surface area contributed by atoms with Crippen molar-refractivity contribution in [3.63, 3.8) is 0 Å². The standard InChI is InChI=1S/C12H18FN3O/c1-8(2)16(3)7-9-4-5-10(13)6-11(9)12(14)15-17/h4-6,8,17H,7H2,1-3H3,(H2,14,15). The minimum Gasteiger partial charge on any atom is -0.409 e. The summed E-state index contributed by atoms with van der Waals surface area (Å²) in [6.07, 6.45) is 0. The fraction of sp³-hybridized carbons (Fsp3) is 0.417. The molecule has 0 bridgehead atoms. The first kappa shape index (κ1) is 13.4. The highest BCUT2D eigenvalue weighted by molar-refractivity contribution is 5.98. The average molecular weight is 239 g/mol. The molecule has 4 nitrogen and oxygen atoms in total. The Balaban J connectivity index is 3.07. The van der Waals surface area contributed by atoms with E-state index in [2.05, 4.69) is 23.9 Å². The Labute approximate surface area is 101 Å². The van der Waals surface area contributed by atoms with Crippen LogP contribution in [0, 0.1) is 5.82 Å². The van der Waals surface area contributed by atoms with Crippen molar-refractivity contribution in [1.29, 1.82) is 0 Å². The summed E-state index contributed by atoms with van der Waals surface area (Å²) in [6.45, 7) is 4.74. The number of hydrogen-bond donors (Lipinski definition) is 2. The summed E-state index contributed by atoms with van der Waals surface area (Å²) in [4.78, 5) is 2.08. The van der Waals surface area contributed by atoms with E-state index in [1.165, 1.54) is 12.1 Å². The fourth-order valence-electron chi connectivity index (χ4n) is 1.43. The quantitative estimate of drug-likeness (QED) is 0.364. The predicted molar refractivity (Wildman–Crippen MR) is 65.5 cm³/mol. The molecule has 0 amide bonds. The van der Waals surface area contributed by atoms with Crippen molar-refractivity contribution in [2.45, 2.75) is 26.4 Å². The van der Waals surface area contributed by atoms with Crippen LogP contribution < -0.4 is 5.73 Å². The SMILES string of the molecule is CC(C)N(C)Cc1ccc(F)cc1/C(N)=N/O. The van der Waals surface area contributed by atoms with E-state index in [1.807, 2.05) is 7.05 Å². The molecule has 0 saturated carbocycles. The van der Waals surface area contributed by atoms with Crippen LogP contribution in [0.2, 0.25) is 0 Å². The molecule has 0 aliphatic heterocycles. The molecule has 3 N–H and O–H groups in total. The highest BCUT2D eigenvalue weighted by Crippen LogP contribution is 2.14. The van der Waals surface area contributed by atoms with Crippen molar-refractivity contribution < 1.29 is 9.60 Å². The zero-order valence-electron chi connectivity index (χ0n) is 10.3. The topological polar surface area (TPSA) is 61.8 Å². The van der Waals surface area contributed by atoms with Gasteiger partial charge in [0.25, 0.3) is 0 Å². The molecule has 0 heterocycles. The Morgan fingerprint density at radius 1 is 1.53 bits per heavy atom. The van der Waals surface area contributed by atoms with Crippen LogP contribution in [0.25, 0.3) is 0 Å². The van der Waals surface area contributed by atoms with Gasteiger partial charge >= 0.3 is 0 Å². The first-order valence-corrected chi connectivity index (χ1v) is 5.42. The number of oxime groups is 1. The predicted octanol–water partition coefficient (Wildman–Crippen LogP) is 1.76. The van der Waals surface area contributed by atoms with E-state index in [1.54, 1.807) is 6.07 Å². The van der Waals surface area contributed by atoms with Gasteiger partial charge < -0.3 is 10.9 Å². The van der Waals surface area contributed by atoms with Gasteiger partial charge in [-0.3, -0.25) is 4.90 Å². The third kappa shape index (κ3) is 3.42. The van der Waals surface area contributed by atoms with Crippen LogP contribution >= 0.6 is 0 Å². The van der Waals surface area contributed by atoms with Gasteiger partial charge in [0.2, 0.25) is 0 Å². The highest BCUT2D eigenvalue weighted by atomic mass is 19.1. The Hall–Kier alpha value is -1.62. The number of hydrogen-bond acceptors (Lipinski definition) is 3. The Morgan fingerprint density at radius 2 is 2.18 bits per heavy atom. The fourth-order valence-corrected chi connectivity index (χ4v) is 1.43. The first-order valence-electron chi connectivity index (χ1n) is 5.42. The second-order valence-corrected chi connectivity index (χ2v) is 4.30. The van der Waals surface area contributed by atoms with Crippen molar-refractivity contribution in [2.75, 3.05) is 7.05 Å². The zero-order chi connectivity index (χ0) is 13.0. The molecule has 0 radical (unpaired) electrons. The van der Waals surface area contributed by atoms with E-state index in [9.17, 15) is 4.39 Å². The second kappa shape index (κ2) is 5.63. The van der Waals surface area contributed by atoms with Crippen LogP contribution in [0.1, 0.15) is 25.0 Å². The number of rotatable bonds is 4. The van der Waals surface area contributed by atoms with E-state index >= 15 is 0 Å². The Kier molecular flexibility index (Phi) is 4.45. The minimum absolute atomic E-state index is 0.0725. The molecule has 1 rings (SSSR count). The number of nitrogens with zero attached hydrogens (tertiary/aromatic N) is 2. The van der Waals surface area contributed by atoms with Gasteiger partial charge in [0.15, 0.2) is 5.84 Å². The molecule has 17 heavy (non-hydrogen) atoms. The molecule has 1 aromatic carbocycles. The summed E-state index contributed by atoms with van der Waals surface area (Å²) in [5.74, 6) is -0.473. The molecule has 0 spiro atoms. The third-order valence-electron chi connectivity index (χ3n) is 2.76. The van der Waals surface area contributed by atoms with Gasteiger partial charge in [0.1, 0.15) is 5.82 Å². The Bertz CT molecular complexity index is 418. The lowest BCUT2D eigenvalue weighted by Crippen LogP contribution is -2.27. The molecular formula is C12H18FN3O. The molecule has 0 aliphatic carbocycles. The van der Waals surface area contributed by atoms with Gasteiger partial charge in [0, 0.05) is 18.2 Å². The minimum atomic E-state index is -0.400. The van der Waals surface area contributed by atoms with Crippen LogP contribution in [-0.2, 0) is 6.54 Å². The zero-order valence-corrected chi connectivity index (χ0v) is 10.3. The number of nitrogens with two attached hydrogens (primary N) is 1. The number of halogens is 1. The van der Waals surface area contributed by atoms with Gasteiger partial charge in [-0.1, -0.05) is 11.2 Å². The lowest BCUT2D eigenvalue weighted by Gasteiger charge is -2.22. The molecule has 5 heteroatoms. The van der Waals surface area contributed by atoms with E-state index in [4.69, 9.17) is 10.9 Å². The molecule has 0 aromatic heterocycles. The van der Waals surface area contributed by atoms with Crippen molar-refractivity contribution in [3.05, 3.63) is 35.1 Å². The third-order valence-corrected chi connectivity index (χ3v) is 2.76. The first-order chi connectivity index (χ1) is 7.95. The summed E-state index contributed by atoms with van der Waals surface area (Å²) in [5.41, 5.74) is 6.79. The molecule has 0 aliphatic rings. The lowest BCUT2D eigenvalue weighted by molar-refractivity contribution is 0.265. The molecule has 1 aromatic rings. The van der Waals surface area contributed by atoms with Crippen LogP contribution in [0.4, 0.5) is 4.39 Å². The summed E-state index contributed by atoms with van der Waals surface area (Å²) in [7, 11) is 1.96. The second-order valence-electron chi connectivity index (χ2n) is 4.30. The van der Waals surface area contributed by atoms with Crippen molar-refractivity contribution in [1.82, 2.24) is 4.90 Å². The molecule has 94 valence electrons. The maximum absolute atomic E-state index is 13.1. The average Bonchev–Trinajstić information content (AvgIpc) is 2.30. The van der Waals surface area contributed by atoms with Gasteiger partial charge in [-0.15, -0.1) is 0 Å². The summed E-state index contributed by atoms with van der Waals surface area (Å²) in [5, 5.41) is 11.6.